The molecule has 0 spiro atoms. The molecule has 0 radical (unpaired) electrons. The molecular weight excluding hydrogens is 793 g/mol. The van der Waals surface area contributed by atoms with Crippen LogP contribution in [0.5, 0.6) is 0 Å². The van der Waals surface area contributed by atoms with Crippen LogP contribution < -0.4 is 0 Å². The summed E-state index contributed by atoms with van der Waals surface area (Å²) in [5.41, 5.74) is 0. The normalized spacial score (nSPS) is 12.7. The van der Waals surface area contributed by atoms with E-state index in [0.29, 0.717) is 12.8 Å². The third kappa shape index (κ3) is 49.6. The molecule has 0 aliphatic rings. The standard InChI is InChI=1S/C58H98O6/c1-4-7-10-13-16-19-22-24-26-28-29-30-32-33-36-39-42-45-48-51-57(60)63-54-55(53-62-56(59)50-47-44-41-38-35-21-18-15-12-9-6-3)64-58(61)52-49-46-43-40-37-34-31-27-25-23-20-17-14-11-8-5-2/h8-9,11-12,17-18,20-21,25,27,34,37-38,41,55H,4-7,10,13-16,19,22-24,26,28-33,35-36,39-40,42-54H2,1-3H3/b11-8-,12-9-,20-17-,21-18-,27-25-,37-34-,41-38-. The second kappa shape index (κ2) is 52.2. The van der Waals surface area contributed by atoms with E-state index in [1.54, 1.807) is 0 Å². The van der Waals surface area contributed by atoms with Gasteiger partial charge >= 0.3 is 17.9 Å². The Labute approximate surface area is 395 Å². The molecule has 0 aromatic rings. The van der Waals surface area contributed by atoms with Crippen molar-refractivity contribution in [1.82, 2.24) is 0 Å². The molecule has 0 bridgehead atoms. The summed E-state index contributed by atoms with van der Waals surface area (Å²) in [6.07, 6.45) is 67.3. The lowest BCUT2D eigenvalue weighted by Crippen LogP contribution is -2.30. The number of ether oxygens (including phenoxy) is 3. The second-order valence-electron chi connectivity index (χ2n) is 17.4. The number of allylic oxidation sites excluding steroid dienone is 14. The van der Waals surface area contributed by atoms with E-state index in [9.17, 15) is 14.4 Å². The Morgan fingerprint density at radius 1 is 0.328 bits per heavy atom. The van der Waals surface area contributed by atoms with Crippen molar-refractivity contribution in [2.24, 2.45) is 0 Å². The van der Waals surface area contributed by atoms with E-state index in [-0.39, 0.29) is 44.0 Å². The van der Waals surface area contributed by atoms with Crippen LogP contribution in [0.1, 0.15) is 245 Å². The fourth-order valence-corrected chi connectivity index (χ4v) is 7.22. The monoisotopic (exact) mass is 891 g/mol. The van der Waals surface area contributed by atoms with Crippen molar-refractivity contribution >= 4 is 17.9 Å². The maximum absolute atomic E-state index is 12.8. The van der Waals surface area contributed by atoms with E-state index in [2.05, 4.69) is 106 Å². The van der Waals surface area contributed by atoms with Crippen LogP contribution in [0.15, 0.2) is 85.1 Å². The molecule has 0 heterocycles. The van der Waals surface area contributed by atoms with Gasteiger partial charge in [0.2, 0.25) is 0 Å². The van der Waals surface area contributed by atoms with Crippen LogP contribution in [0.25, 0.3) is 0 Å². The highest BCUT2D eigenvalue weighted by atomic mass is 16.6. The van der Waals surface area contributed by atoms with Gasteiger partial charge in [-0.15, -0.1) is 0 Å². The Hall–Kier alpha value is -3.41. The summed E-state index contributed by atoms with van der Waals surface area (Å²) in [6.45, 7) is 6.34. The van der Waals surface area contributed by atoms with E-state index in [4.69, 9.17) is 14.2 Å². The van der Waals surface area contributed by atoms with Gasteiger partial charge in [-0.3, -0.25) is 14.4 Å². The lowest BCUT2D eigenvalue weighted by atomic mass is 10.0. The molecule has 0 N–H and O–H groups in total. The third-order valence-corrected chi connectivity index (χ3v) is 11.1. The average molecular weight is 891 g/mol. The molecule has 0 aliphatic carbocycles. The van der Waals surface area contributed by atoms with E-state index in [1.807, 2.05) is 0 Å². The van der Waals surface area contributed by atoms with Gasteiger partial charge in [0.25, 0.3) is 0 Å². The van der Waals surface area contributed by atoms with Crippen LogP contribution in [0.4, 0.5) is 0 Å². The number of hydrogen-bond donors (Lipinski definition) is 0. The Morgan fingerprint density at radius 3 is 1.02 bits per heavy atom. The summed E-state index contributed by atoms with van der Waals surface area (Å²) in [5, 5.41) is 0. The van der Waals surface area contributed by atoms with E-state index < -0.39 is 6.10 Å². The fraction of sp³-hybridized carbons (Fsp3) is 0.707. The minimum absolute atomic E-state index is 0.104. The van der Waals surface area contributed by atoms with Gasteiger partial charge < -0.3 is 14.2 Å². The van der Waals surface area contributed by atoms with E-state index >= 15 is 0 Å². The van der Waals surface area contributed by atoms with Crippen molar-refractivity contribution < 1.29 is 28.6 Å². The average Bonchev–Trinajstić information content (AvgIpc) is 3.29. The molecule has 0 saturated heterocycles. The highest BCUT2D eigenvalue weighted by Crippen LogP contribution is 2.16. The van der Waals surface area contributed by atoms with Gasteiger partial charge in [0, 0.05) is 19.3 Å². The topological polar surface area (TPSA) is 78.9 Å². The molecule has 0 aromatic heterocycles. The van der Waals surface area contributed by atoms with Gasteiger partial charge in [-0.1, -0.05) is 228 Å². The summed E-state index contributed by atoms with van der Waals surface area (Å²) >= 11 is 0. The minimum Gasteiger partial charge on any atom is -0.462 e. The Kier molecular flexibility index (Phi) is 49.4. The SMILES string of the molecule is CC/C=C\C/C=C\C/C=C\C/C=C\CCCCCC(=O)OC(COC(=O)CCC/C=C\C/C=C\C/C=C\CC)COC(=O)CCCCCCCCCCCCCCCCCCCCC. The molecule has 1 atom stereocenters. The number of esters is 3. The van der Waals surface area contributed by atoms with Crippen LogP contribution in [0.3, 0.4) is 0 Å². The third-order valence-electron chi connectivity index (χ3n) is 11.1. The first-order valence-electron chi connectivity index (χ1n) is 26.6. The number of carbonyl (C=O) groups excluding carboxylic acids is 3. The maximum Gasteiger partial charge on any atom is 0.306 e. The number of carbonyl (C=O) groups is 3. The Balaban J connectivity index is 4.41. The maximum atomic E-state index is 12.8. The molecule has 1 unspecified atom stereocenters. The van der Waals surface area contributed by atoms with Crippen LogP contribution in [0, 0.1) is 0 Å². The van der Waals surface area contributed by atoms with Gasteiger partial charge in [0.15, 0.2) is 6.10 Å². The summed E-state index contributed by atoms with van der Waals surface area (Å²) in [4.78, 5) is 37.9. The molecule has 0 rings (SSSR count). The van der Waals surface area contributed by atoms with Crippen molar-refractivity contribution in [3.8, 4) is 0 Å². The fourth-order valence-electron chi connectivity index (χ4n) is 7.22. The molecular formula is C58H98O6. The Bertz CT molecular complexity index is 1250. The van der Waals surface area contributed by atoms with Crippen molar-refractivity contribution in [3.63, 3.8) is 0 Å². The quantitative estimate of drug-likeness (QED) is 0.0262. The summed E-state index contributed by atoms with van der Waals surface area (Å²) in [7, 11) is 0. The zero-order chi connectivity index (χ0) is 46.5. The highest BCUT2D eigenvalue weighted by Gasteiger charge is 2.19. The smallest absolute Gasteiger partial charge is 0.306 e. The first kappa shape index (κ1) is 60.6. The molecule has 0 aliphatic heterocycles. The van der Waals surface area contributed by atoms with Gasteiger partial charge in [0.1, 0.15) is 13.2 Å². The molecule has 6 heteroatoms. The second-order valence-corrected chi connectivity index (χ2v) is 17.4. The van der Waals surface area contributed by atoms with Crippen LogP contribution in [0.2, 0.25) is 0 Å². The molecule has 0 amide bonds. The zero-order valence-electron chi connectivity index (χ0n) is 41.8. The Morgan fingerprint density at radius 2 is 0.625 bits per heavy atom. The number of unbranched alkanes of at least 4 members (excludes halogenated alkanes) is 22. The van der Waals surface area contributed by atoms with Gasteiger partial charge in [0.05, 0.1) is 0 Å². The van der Waals surface area contributed by atoms with Crippen molar-refractivity contribution in [3.05, 3.63) is 85.1 Å². The molecule has 0 saturated carbocycles. The summed E-state index contributed by atoms with van der Waals surface area (Å²) < 4.78 is 16.7. The van der Waals surface area contributed by atoms with Crippen molar-refractivity contribution in [2.45, 2.75) is 252 Å². The predicted molar refractivity (Wildman–Crippen MR) is 274 cm³/mol. The van der Waals surface area contributed by atoms with Crippen LogP contribution in [-0.2, 0) is 28.6 Å². The van der Waals surface area contributed by atoms with Gasteiger partial charge in [-0.2, -0.15) is 0 Å². The van der Waals surface area contributed by atoms with Gasteiger partial charge in [-0.25, -0.2) is 0 Å². The van der Waals surface area contributed by atoms with E-state index in [1.165, 1.54) is 103 Å². The lowest BCUT2D eigenvalue weighted by Gasteiger charge is -2.18. The molecule has 6 nitrogen and oxygen atoms in total. The molecule has 366 valence electrons. The van der Waals surface area contributed by atoms with Crippen molar-refractivity contribution in [2.75, 3.05) is 13.2 Å². The molecule has 64 heavy (non-hydrogen) atoms. The van der Waals surface area contributed by atoms with Gasteiger partial charge in [-0.05, 0) is 83.5 Å². The number of hydrogen-bond acceptors (Lipinski definition) is 6. The van der Waals surface area contributed by atoms with Crippen molar-refractivity contribution in [1.29, 1.82) is 0 Å². The molecule has 0 fully saturated rings. The van der Waals surface area contributed by atoms with Crippen LogP contribution in [-0.4, -0.2) is 37.2 Å². The van der Waals surface area contributed by atoms with Crippen LogP contribution >= 0.6 is 0 Å². The highest BCUT2D eigenvalue weighted by molar-refractivity contribution is 5.71. The predicted octanol–water partition coefficient (Wildman–Crippen LogP) is 17.6. The first-order chi connectivity index (χ1) is 31.5. The zero-order valence-corrected chi connectivity index (χ0v) is 41.8. The lowest BCUT2D eigenvalue weighted by molar-refractivity contribution is -0.167. The summed E-state index contributed by atoms with van der Waals surface area (Å²) in [6, 6.07) is 0. The van der Waals surface area contributed by atoms with E-state index in [0.717, 1.165) is 96.3 Å². The first-order valence-corrected chi connectivity index (χ1v) is 26.6. The minimum atomic E-state index is -0.811. The largest absolute Gasteiger partial charge is 0.462 e. The molecule has 0 aromatic carbocycles. The summed E-state index contributed by atoms with van der Waals surface area (Å²) in [5.74, 6) is -0.991. The number of rotatable bonds is 47.